The molecular formula is C18H21FN3O3+. The van der Waals surface area contributed by atoms with Gasteiger partial charge >= 0.3 is 0 Å². The highest BCUT2D eigenvalue weighted by Gasteiger charge is 2.73. The minimum Gasteiger partial charge on any atom is -0.326 e. The zero-order valence-corrected chi connectivity index (χ0v) is 14.2. The molecular weight excluding hydrogens is 325 g/mol. The number of carbonyl (C=O) groups excluding carboxylic acids is 3. The Bertz CT molecular complexity index is 796. The normalized spacial score (nSPS) is 33.2. The lowest BCUT2D eigenvalue weighted by molar-refractivity contribution is -0.730. The largest absolute Gasteiger partial charge is 0.326 e. The molecule has 0 radical (unpaired) electrons. The summed E-state index contributed by atoms with van der Waals surface area (Å²) in [6.45, 7) is 4.22. The molecule has 0 unspecified atom stereocenters. The number of nitrogens with one attached hydrogen (secondary N) is 1. The van der Waals surface area contributed by atoms with Crippen LogP contribution in [-0.4, -0.2) is 35.2 Å². The van der Waals surface area contributed by atoms with Crippen molar-refractivity contribution in [2.75, 3.05) is 11.9 Å². The fraction of sp³-hybridized carbons (Fsp3) is 0.500. The molecule has 3 aliphatic rings. The molecule has 0 bridgehead atoms. The van der Waals surface area contributed by atoms with Crippen LogP contribution in [-0.2, 0) is 19.9 Å². The molecule has 7 heteroatoms. The van der Waals surface area contributed by atoms with E-state index in [0.29, 0.717) is 17.8 Å². The first-order valence-electron chi connectivity index (χ1n) is 8.74. The van der Waals surface area contributed by atoms with Crippen molar-refractivity contribution in [3.05, 3.63) is 29.6 Å². The predicted molar refractivity (Wildman–Crippen MR) is 86.7 cm³/mol. The van der Waals surface area contributed by atoms with Gasteiger partial charge in [0.1, 0.15) is 17.7 Å². The third-order valence-corrected chi connectivity index (χ3v) is 5.81. The summed E-state index contributed by atoms with van der Waals surface area (Å²) in [6, 6.07) is 3.88. The van der Waals surface area contributed by atoms with E-state index in [4.69, 9.17) is 0 Å². The van der Waals surface area contributed by atoms with Crippen LogP contribution in [0.25, 0.3) is 0 Å². The molecule has 1 aromatic carbocycles. The highest BCUT2D eigenvalue weighted by molar-refractivity contribution is 6.13. The second kappa shape index (κ2) is 5.36. The summed E-state index contributed by atoms with van der Waals surface area (Å²) < 4.78 is 13.9. The van der Waals surface area contributed by atoms with E-state index in [2.05, 4.69) is 5.32 Å². The number of rotatable bonds is 3. The summed E-state index contributed by atoms with van der Waals surface area (Å²) >= 11 is 0. The number of carbonyl (C=O) groups is 3. The second-order valence-corrected chi connectivity index (χ2v) is 7.22. The SMILES string of the molecule is CCCCN1C(=O)[C@H]2[C@@H](C1=O)[C@@]1([NH2+][C@@H]2C)C(=O)Nc2ccc(F)cc21. The molecule has 2 fully saturated rings. The van der Waals surface area contributed by atoms with Crippen LogP contribution < -0.4 is 10.6 Å². The third-order valence-electron chi connectivity index (χ3n) is 5.81. The molecule has 2 saturated heterocycles. The van der Waals surface area contributed by atoms with Crippen molar-refractivity contribution in [3.8, 4) is 0 Å². The van der Waals surface area contributed by atoms with Gasteiger partial charge in [0, 0.05) is 12.1 Å². The molecule has 3 amide bonds. The van der Waals surface area contributed by atoms with E-state index in [0.717, 1.165) is 12.8 Å². The van der Waals surface area contributed by atoms with Gasteiger partial charge in [0.15, 0.2) is 0 Å². The topological polar surface area (TPSA) is 83.1 Å². The zero-order valence-electron chi connectivity index (χ0n) is 14.2. The molecule has 1 spiro atoms. The van der Waals surface area contributed by atoms with Gasteiger partial charge in [-0.05, 0) is 31.5 Å². The Hall–Kier alpha value is -2.28. The third kappa shape index (κ3) is 1.96. The van der Waals surface area contributed by atoms with E-state index >= 15 is 0 Å². The highest BCUT2D eigenvalue weighted by Crippen LogP contribution is 2.48. The van der Waals surface area contributed by atoms with E-state index in [1.807, 2.05) is 13.8 Å². The van der Waals surface area contributed by atoms with Crippen LogP contribution in [0, 0.1) is 17.7 Å². The number of quaternary nitrogens is 1. The van der Waals surface area contributed by atoms with Gasteiger partial charge in [-0.25, -0.2) is 4.39 Å². The fourth-order valence-corrected chi connectivity index (χ4v) is 4.71. The van der Waals surface area contributed by atoms with Gasteiger partial charge in [0.2, 0.25) is 17.4 Å². The second-order valence-electron chi connectivity index (χ2n) is 7.22. The maximum atomic E-state index is 13.9. The molecule has 3 aliphatic heterocycles. The van der Waals surface area contributed by atoms with Gasteiger partial charge in [-0.15, -0.1) is 0 Å². The van der Waals surface area contributed by atoms with Gasteiger partial charge in [-0.1, -0.05) is 13.3 Å². The molecule has 4 atom stereocenters. The number of amides is 3. The average Bonchev–Trinajstić information content (AvgIpc) is 3.12. The van der Waals surface area contributed by atoms with E-state index in [-0.39, 0.29) is 23.8 Å². The van der Waals surface area contributed by atoms with Crippen molar-refractivity contribution >= 4 is 23.4 Å². The van der Waals surface area contributed by atoms with Crippen LogP contribution in [0.15, 0.2) is 18.2 Å². The molecule has 3 N–H and O–H groups in total. The summed E-state index contributed by atoms with van der Waals surface area (Å²) in [5, 5.41) is 4.54. The Balaban J connectivity index is 1.83. The Kier molecular flexibility index (Phi) is 3.47. The minimum atomic E-state index is -1.25. The van der Waals surface area contributed by atoms with Gasteiger partial charge in [0.25, 0.3) is 5.91 Å². The summed E-state index contributed by atoms with van der Waals surface area (Å²) in [5.74, 6) is -2.65. The van der Waals surface area contributed by atoms with Gasteiger partial charge in [-0.3, -0.25) is 19.3 Å². The van der Waals surface area contributed by atoms with E-state index in [1.165, 1.54) is 23.1 Å². The first kappa shape index (κ1) is 16.2. The Morgan fingerprint density at radius 1 is 1.28 bits per heavy atom. The number of benzene rings is 1. The summed E-state index contributed by atoms with van der Waals surface area (Å²) in [6.07, 6.45) is 1.60. The van der Waals surface area contributed by atoms with Gasteiger partial charge in [-0.2, -0.15) is 0 Å². The lowest BCUT2D eigenvalue weighted by atomic mass is 9.76. The van der Waals surface area contributed by atoms with Crippen molar-refractivity contribution in [1.82, 2.24) is 4.90 Å². The number of unbranched alkanes of at least 4 members (excludes halogenated alkanes) is 1. The molecule has 0 saturated carbocycles. The Morgan fingerprint density at radius 3 is 2.76 bits per heavy atom. The van der Waals surface area contributed by atoms with Crippen LogP contribution in [0.5, 0.6) is 0 Å². The van der Waals surface area contributed by atoms with Crippen LogP contribution >= 0.6 is 0 Å². The standard InChI is InChI=1S/C18H20FN3O3/c1-3-4-7-22-15(23)13-9(2)21-18(14(13)16(22)24)11-8-10(19)5-6-12(11)20-17(18)25/h5-6,8-9,13-14,21H,3-4,7H2,1-2H3,(H,20,25)/p+1/t9-,13-,14+,18-/m1/s1. The maximum Gasteiger partial charge on any atom is 0.291 e. The number of nitrogens with zero attached hydrogens (tertiary/aromatic N) is 1. The average molecular weight is 346 g/mol. The Morgan fingerprint density at radius 2 is 2.04 bits per heavy atom. The van der Waals surface area contributed by atoms with Crippen LogP contribution in [0.1, 0.15) is 32.3 Å². The van der Waals surface area contributed by atoms with Crippen molar-refractivity contribution in [2.24, 2.45) is 11.8 Å². The molecule has 132 valence electrons. The first-order chi connectivity index (χ1) is 11.9. The van der Waals surface area contributed by atoms with E-state index in [9.17, 15) is 18.8 Å². The van der Waals surface area contributed by atoms with Gasteiger partial charge in [0.05, 0.1) is 11.7 Å². The zero-order chi connectivity index (χ0) is 17.9. The van der Waals surface area contributed by atoms with E-state index in [1.54, 1.807) is 5.32 Å². The lowest BCUT2D eigenvalue weighted by Crippen LogP contribution is -2.98. The number of nitrogens with two attached hydrogens (primary N) is 1. The number of imide groups is 1. The van der Waals surface area contributed by atoms with Crippen molar-refractivity contribution in [2.45, 2.75) is 38.3 Å². The molecule has 6 nitrogen and oxygen atoms in total. The van der Waals surface area contributed by atoms with E-state index < -0.39 is 23.2 Å². The van der Waals surface area contributed by atoms with Crippen LogP contribution in [0.3, 0.4) is 0 Å². The maximum absolute atomic E-state index is 13.9. The number of anilines is 1. The number of likely N-dealkylation sites (tertiary alicyclic amines) is 1. The molecule has 3 heterocycles. The van der Waals surface area contributed by atoms with Crippen molar-refractivity contribution in [3.63, 3.8) is 0 Å². The minimum absolute atomic E-state index is 0.207. The molecule has 0 aliphatic carbocycles. The number of halogens is 1. The monoisotopic (exact) mass is 346 g/mol. The fourth-order valence-electron chi connectivity index (χ4n) is 4.71. The van der Waals surface area contributed by atoms with Crippen LogP contribution in [0.4, 0.5) is 10.1 Å². The first-order valence-corrected chi connectivity index (χ1v) is 8.74. The summed E-state index contributed by atoms with van der Waals surface area (Å²) in [5.41, 5.74) is -0.270. The predicted octanol–water partition coefficient (Wildman–Crippen LogP) is 0.340. The molecule has 25 heavy (non-hydrogen) atoms. The smallest absolute Gasteiger partial charge is 0.291 e. The molecule has 1 aromatic rings. The number of fused-ring (bicyclic) bond motifs is 4. The summed E-state index contributed by atoms with van der Waals surface area (Å²) in [7, 11) is 0. The summed E-state index contributed by atoms with van der Waals surface area (Å²) in [4.78, 5) is 40.1. The highest BCUT2D eigenvalue weighted by atomic mass is 19.1. The number of hydrogen-bond acceptors (Lipinski definition) is 3. The van der Waals surface area contributed by atoms with Crippen molar-refractivity contribution in [1.29, 1.82) is 0 Å². The van der Waals surface area contributed by atoms with Crippen LogP contribution in [0.2, 0.25) is 0 Å². The van der Waals surface area contributed by atoms with Gasteiger partial charge < -0.3 is 10.6 Å². The molecule has 0 aromatic heterocycles. The lowest BCUT2D eigenvalue weighted by Gasteiger charge is -2.25. The number of hydrogen-bond donors (Lipinski definition) is 2. The molecule has 4 rings (SSSR count). The van der Waals surface area contributed by atoms with Crippen molar-refractivity contribution < 1.29 is 24.1 Å². The Labute approximate surface area is 144 Å². The quantitative estimate of drug-likeness (QED) is 0.774.